The van der Waals surface area contributed by atoms with Gasteiger partial charge in [0.2, 0.25) is 0 Å². The van der Waals surface area contributed by atoms with Crippen molar-refractivity contribution in [3.8, 4) is 11.5 Å². The van der Waals surface area contributed by atoms with Gasteiger partial charge in [0.15, 0.2) is 0 Å². The SMILES string of the molecule is COc1ccc(CN)c(OCCN(C)C2CC2)c1. The molecule has 1 fully saturated rings. The van der Waals surface area contributed by atoms with E-state index < -0.39 is 0 Å². The van der Waals surface area contributed by atoms with Crippen LogP contribution in [0, 0.1) is 0 Å². The monoisotopic (exact) mass is 250 g/mol. The molecule has 0 spiro atoms. The van der Waals surface area contributed by atoms with Crippen molar-refractivity contribution in [2.45, 2.75) is 25.4 Å². The van der Waals surface area contributed by atoms with Crippen LogP contribution in [0.4, 0.5) is 0 Å². The molecule has 1 aromatic rings. The van der Waals surface area contributed by atoms with Crippen molar-refractivity contribution in [2.24, 2.45) is 5.73 Å². The van der Waals surface area contributed by atoms with Crippen LogP contribution in [0.1, 0.15) is 18.4 Å². The van der Waals surface area contributed by atoms with Crippen molar-refractivity contribution < 1.29 is 9.47 Å². The van der Waals surface area contributed by atoms with Gasteiger partial charge in [0.25, 0.3) is 0 Å². The number of ether oxygens (including phenoxy) is 2. The lowest BCUT2D eigenvalue weighted by atomic mass is 10.2. The molecule has 1 aromatic carbocycles. The zero-order valence-corrected chi connectivity index (χ0v) is 11.2. The molecule has 0 aromatic heterocycles. The van der Waals surface area contributed by atoms with E-state index in [2.05, 4.69) is 11.9 Å². The summed E-state index contributed by atoms with van der Waals surface area (Å²) >= 11 is 0. The Morgan fingerprint density at radius 2 is 2.17 bits per heavy atom. The van der Waals surface area contributed by atoms with Crippen LogP contribution >= 0.6 is 0 Å². The Bertz CT molecular complexity index is 391. The van der Waals surface area contributed by atoms with Gasteiger partial charge in [-0.3, -0.25) is 0 Å². The predicted octanol–water partition coefficient (Wildman–Crippen LogP) is 1.63. The molecular weight excluding hydrogens is 228 g/mol. The minimum absolute atomic E-state index is 0.484. The van der Waals surface area contributed by atoms with E-state index in [4.69, 9.17) is 15.2 Å². The fourth-order valence-electron chi connectivity index (χ4n) is 1.96. The van der Waals surface area contributed by atoms with Crippen molar-refractivity contribution >= 4 is 0 Å². The van der Waals surface area contributed by atoms with Gasteiger partial charge in [-0.05, 0) is 26.0 Å². The third-order valence-corrected chi connectivity index (χ3v) is 3.37. The summed E-state index contributed by atoms with van der Waals surface area (Å²) < 4.78 is 11.0. The molecule has 0 heterocycles. The topological polar surface area (TPSA) is 47.7 Å². The molecule has 1 saturated carbocycles. The van der Waals surface area contributed by atoms with Crippen molar-refractivity contribution in [2.75, 3.05) is 27.3 Å². The van der Waals surface area contributed by atoms with Crippen LogP contribution in [0.15, 0.2) is 18.2 Å². The third-order valence-electron chi connectivity index (χ3n) is 3.37. The highest BCUT2D eigenvalue weighted by Gasteiger charge is 2.25. The van der Waals surface area contributed by atoms with Crippen molar-refractivity contribution in [3.63, 3.8) is 0 Å². The Hall–Kier alpha value is -1.26. The largest absolute Gasteiger partial charge is 0.497 e. The van der Waals surface area contributed by atoms with E-state index in [1.165, 1.54) is 12.8 Å². The summed E-state index contributed by atoms with van der Waals surface area (Å²) in [5.41, 5.74) is 6.72. The van der Waals surface area contributed by atoms with E-state index in [0.29, 0.717) is 13.2 Å². The molecule has 100 valence electrons. The van der Waals surface area contributed by atoms with Crippen LogP contribution in [0.5, 0.6) is 11.5 Å². The first-order chi connectivity index (χ1) is 8.74. The summed E-state index contributed by atoms with van der Waals surface area (Å²) in [5, 5.41) is 0. The van der Waals surface area contributed by atoms with E-state index in [0.717, 1.165) is 29.6 Å². The van der Waals surface area contributed by atoms with Gasteiger partial charge >= 0.3 is 0 Å². The lowest BCUT2D eigenvalue weighted by molar-refractivity contribution is 0.230. The average Bonchev–Trinajstić information content (AvgIpc) is 3.22. The zero-order valence-electron chi connectivity index (χ0n) is 11.2. The van der Waals surface area contributed by atoms with Crippen molar-refractivity contribution in [3.05, 3.63) is 23.8 Å². The molecule has 4 heteroatoms. The first-order valence-corrected chi connectivity index (χ1v) is 6.44. The number of hydrogen-bond acceptors (Lipinski definition) is 4. The Kier molecular flexibility index (Phi) is 4.44. The molecule has 1 aliphatic rings. The van der Waals surface area contributed by atoms with Gasteiger partial charge in [0.05, 0.1) is 7.11 Å². The highest BCUT2D eigenvalue weighted by atomic mass is 16.5. The lowest BCUT2D eigenvalue weighted by Gasteiger charge is -2.17. The quantitative estimate of drug-likeness (QED) is 0.799. The van der Waals surface area contributed by atoms with E-state index in [-0.39, 0.29) is 0 Å². The maximum Gasteiger partial charge on any atom is 0.127 e. The minimum atomic E-state index is 0.484. The summed E-state index contributed by atoms with van der Waals surface area (Å²) in [4.78, 5) is 2.35. The van der Waals surface area contributed by atoms with Crippen molar-refractivity contribution in [1.29, 1.82) is 0 Å². The standard InChI is InChI=1S/C14H22N2O2/c1-16(12-4-5-12)7-8-18-14-9-13(17-2)6-3-11(14)10-15/h3,6,9,12H,4-5,7-8,10,15H2,1-2H3. The summed E-state index contributed by atoms with van der Waals surface area (Å²) in [5.74, 6) is 1.64. The third kappa shape index (κ3) is 3.37. The number of benzene rings is 1. The molecule has 0 atom stereocenters. The Morgan fingerprint density at radius 1 is 1.39 bits per heavy atom. The van der Waals surface area contributed by atoms with Gasteiger partial charge in [-0.2, -0.15) is 0 Å². The molecule has 0 unspecified atom stereocenters. The second-order valence-electron chi connectivity index (χ2n) is 4.74. The van der Waals surface area contributed by atoms with Crippen LogP contribution in [0.2, 0.25) is 0 Å². The zero-order chi connectivity index (χ0) is 13.0. The molecule has 2 rings (SSSR count). The second kappa shape index (κ2) is 6.07. The molecule has 18 heavy (non-hydrogen) atoms. The molecule has 0 radical (unpaired) electrons. The first kappa shape index (κ1) is 13.2. The van der Waals surface area contributed by atoms with E-state index >= 15 is 0 Å². The van der Waals surface area contributed by atoms with Gasteiger partial charge in [0, 0.05) is 30.8 Å². The predicted molar refractivity (Wildman–Crippen MR) is 72.0 cm³/mol. The smallest absolute Gasteiger partial charge is 0.127 e. The number of hydrogen-bond donors (Lipinski definition) is 1. The highest BCUT2D eigenvalue weighted by molar-refractivity contribution is 5.40. The molecule has 1 aliphatic carbocycles. The molecular formula is C14H22N2O2. The van der Waals surface area contributed by atoms with E-state index in [1.54, 1.807) is 7.11 Å². The number of methoxy groups -OCH3 is 1. The number of nitrogens with two attached hydrogens (primary N) is 1. The summed E-state index contributed by atoms with van der Waals surface area (Å²) in [6.07, 6.45) is 2.65. The van der Waals surface area contributed by atoms with Crippen molar-refractivity contribution in [1.82, 2.24) is 4.90 Å². The summed E-state index contributed by atoms with van der Waals surface area (Å²) in [6.45, 7) is 2.12. The Balaban J connectivity index is 1.89. The fraction of sp³-hybridized carbons (Fsp3) is 0.571. The molecule has 0 aliphatic heterocycles. The fourth-order valence-corrected chi connectivity index (χ4v) is 1.96. The maximum absolute atomic E-state index is 5.82. The van der Waals surface area contributed by atoms with E-state index in [1.807, 2.05) is 18.2 Å². The molecule has 2 N–H and O–H groups in total. The Labute approximate surface area is 109 Å². The van der Waals surface area contributed by atoms with Gasteiger partial charge in [-0.25, -0.2) is 0 Å². The van der Waals surface area contributed by atoms with E-state index in [9.17, 15) is 0 Å². The molecule has 4 nitrogen and oxygen atoms in total. The normalized spacial score (nSPS) is 14.9. The molecule has 0 amide bonds. The summed E-state index contributed by atoms with van der Waals surface area (Å²) in [7, 11) is 3.80. The maximum atomic E-state index is 5.82. The van der Waals surface area contributed by atoms with Crippen LogP contribution in [-0.4, -0.2) is 38.3 Å². The Morgan fingerprint density at radius 3 is 2.78 bits per heavy atom. The number of likely N-dealkylation sites (N-methyl/N-ethyl adjacent to an activating group) is 1. The van der Waals surface area contributed by atoms with Crippen LogP contribution < -0.4 is 15.2 Å². The number of nitrogens with zero attached hydrogens (tertiary/aromatic N) is 1. The highest BCUT2D eigenvalue weighted by Crippen LogP contribution is 2.26. The summed E-state index contributed by atoms with van der Waals surface area (Å²) in [6, 6.07) is 6.54. The lowest BCUT2D eigenvalue weighted by Crippen LogP contribution is -2.26. The first-order valence-electron chi connectivity index (χ1n) is 6.44. The van der Waals surface area contributed by atoms with Gasteiger partial charge < -0.3 is 20.1 Å². The molecule has 0 bridgehead atoms. The minimum Gasteiger partial charge on any atom is -0.497 e. The van der Waals surface area contributed by atoms with Crippen LogP contribution in [0.3, 0.4) is 0 Å². The second-order valence-corrected chi connectivity index (χ2v) is 4.74. The number of rotatable bonds is 7. The molecule has 0 saturated heterocycles. The van der Waals surface area contributed by atoms with Crippen LogP contribution in [-0.2, 0) is 6.54 Å². The van der Waals surface area contributed by atoms with Gasteiger partial charge in [-0.1, -0.05) is 6.07 Å². The van der Waals surface area contributed by atoms with Gasteiger partial charge in [-0.15, -0.1) is 0 Å². The van der Waals surface area contributed by atoms with Gasteiger partial charge in [0.1, 0.15) is 18.1 Å². The average molecular weight is 250 g/mol. The van der Waals surface area contributed by atoms with Crippen LogP contribution in [0.25, 0.3) is 0 Å².